The predicted octanol–water partition coefficient (Wildman–Crippen LogP) is 5.66. The average molecular weight is 442 g/mol. The second-order valence-electron chi connectivity index (χ2n) is 12.8. The van der Waals surface area contributed by atoms with E-state index in [1.807, 2.05) is 0 Å². The molecule has 0 aromatic carbocycles. The van der Waals surface area contributed by atoms with Gasteiger partial charge in [0.1, 0.15) is 5.60 Å². The van der Waals surface area contributed by atoms with Crippen molar-refractivity contribution in [2.24, 2.45) is 46.8 Å². The van der Waals surface area contributed by atoms with Crippen molar-refractivity contribution in [3.05, 3.63) is 12.2 Å². The highest BCUT2D eigenvalue weighted by Gasteiger charge is 2.68. The molecular weight excluding hydrogens is 398 g/mol. The van der Waals surface area contributed by atoms with E-state index >= 15 is 0 Å². The van der Waals surface area contributed by atoms with Crippen LogP contribution in [0, 0.1) is 46.8 Å². The SMILES string of the molecule is C=C(C)C(=O)NCCCCC(=O)OC1(C2CC3CC2CC3C)C2CC3CC1CC(C)(C3)C2. The first kappa shape index (κ1) is 22.5. The molecule has 1 N–H and O–H groups in total. The number of fused-ring (bicyclic) bond motifs is 2. The smallest absolute Gasteiger partial charge is 0.306 e. The molecule has 6 fully saturated rings. The highest BCUT2D eigenvalue weighted by atomic mass is 16.6. The van der Waals surface area contributed by atoms with Crippen LogP contribution in [0.4, 0.5) is 0 Å². The Morgan fingerprint density at radius 3 is 2.28 bits per heavy atom. The van der Waals surface area contributed by atoms with E-state index in [-0.39, 0.29) is 17.5 Å². The molecule has 6 aliphatic rings. The number of hydrogen-bond acceptors (Lipinski definition) is 3. The highest BCUT2D eigenvalue weighted by Crippen LogP contribution is 2.70. The first-order chi connectivity index (χ1) is 15.2. The van der Waals surface area contributed by atoms with Crippen molar-refractivity contribution < 1.29 is 14.3 Å². The van der Waals surface area contributed by atoms with E-state index in [1.165, 1.54) is 51.4 Å². The van der Waals surface area contributed by atoms with Gasteiger partial charge in [0.15, 0.2) is 0 Å². The fourth-order valence-corrected chi connectivity index (χ4v) is 9.35. The number of unbranched alkanes of at least 4 members (excludes halogenated alkanes) is 1. The molecule has 0 aliphatic heterocycles. The van der Waals surface area contributed by atoms with E-state index in [4.69, 9.17) is 4.74 Å². The molecule has 32 heavy (non-hydrogen) atoms. The van der Waals surface area contributed by atoms with Crippen molar-refractivity contribution in [1.29, 1.82) is 0 Å². The number of carbonyl (C=O) groups excluding carboxylic acids is 2. The zero-order valence-corrected chi connectivity index (χ0v) is 20.5. The first-order valence-corrected chi connectivity index (χ1v) is 13.4. The Kier molecular flexibility index (Phi) is 5.73. The predicted molar refractivity (Wildman–Crippen MR) is 126 cm³/mol. The second-order valence-corrected chi connectivity index (χ2v) is 12.8. The minimum absolute atomic E-state index is 0.0182. The molecular formula is C28H43NO3. The third-order valence-corrected chi connectivity index (χ3v) is 10.3. The van der Waals surface area contributed by atoms with Gasteiger partial charge < -0.3 is 10.1 Å². The topological polar surface area (TPSA) is 55.4 Å². The van der Waals surface area contributed by atoms with Crippen molar-refractivity contribution in [2.45, 2.75) is 97.0 Å². The van der Waals surface area contributed by atoms with E-state index in [2.05, 4.69) is 25.7 Å². The van der Waals surface area contributed by atoms with E-state index in [1.54, 1.807) is 6.92 Å². The Labute approximate surface area is 194 Å². The molecule has 6 atom stereocenters. The summed E-state index contributed by atoms with van der Waals surface area (Å²) in [4.78, 5) is 24.9. The van der Waals surface area contributed by atoms with Gasteiger partial charge in [-0.2, -0.15) is 0 Å². The number of rotatable bonds is 8. The fourth-order valence-electron chi connectivity index (χ4n) is 9.35. The van der Waals surface area contributed by atoms with E-state index < -0.39 is 0 Å². The van der Waals surface area contributed by atoms with Crippen LogP contribution in [0.25, 0.3) is 0 Å². The van der Waals surface area contributed by atoms with Gasteiger partial charge in [-0.3, -0.25) is 9.59 Å². The Hall–Kier alpha value is -1.32. The summed E-state index contributed by atoms with van der Waals surface area (Å²) in [7, 11) is 0. The molecule has 178 valence electrons. The van der Waals surface area contributed by atoms with Gasteiger partial charge in [-0.25, -0.2) is 0 Å². The lowest BCUT2D eigenvalue weighted by atomic mass is 9.42. The lowest BCUT2D eigenvalue weighted by Crippen LogP contribution is -2.66. The lowest BCUT2D eigenvalue weighted by Gasteiger charge is -2.66. The molecule has 1 amide bonds. The zero-order valence-electron chi connectivity index (χ0n) is 20.5. The average Bonchev–Trinajstić information content (AvgIpc) is 3.29. The summed E-state index contributed by atoms with van der Waals surface area (Å²) in [5.74, 6) is 5.02. The lowest BCUT2D eigenvalue weighted by molar-refractivity contribution is -0.248. The van der Waals surface area contributed by atoms with Crippen LogP contribution >= 0.6 is 0 Å². The van der Waals surface area contributed by atoms with Crippen LogP contribution in [0.1, 0.15) is 91.4 Å². The third-order valence-electron chi connectivity index (χ3n) is 10.3. The molecule has 4 heteroatoms. The van der Waals surface area contributed by atoms with Crippen molar-refractivity contribution in [2.75, 3.05) is 6.54 Å². The third kappa shape index (κ3) is 3.74. The van der Waals surface area contributed by atoms with Gasteiger partial charge in [-0.15, -0.1) is 0 Å². The van der Waals surface area contributed by atoms with E-state index in [9.17, 15) is 9.59 Å². The number of hydrogen-bond donors (Lipinski definition) is 1. The van der Waals surface area contributed by atoms with Crippen LogP contribution in [0.15, 0.2) is 12.2 Å². The molecule has 0 saturated heterocycles. The Morgan fingerprint density at radius 2 is 1.72 bits per heavy atom. The Morgan fingerprint density at radius 1 is 1.00 bits per heavy atom. The minimum atomic E-state index is -0.179. The van der Waals surface area contributed by atoms with Crippen molar-refractivity contribution in [3.8, 4) is 0 Å². The maximum Gasteiger partial charge on any atom is 0.306 e. The zero-order chi connectivity index (χ0) is 22.7. The standard InChI is InChI=1S/C28H43NO3/c1-17(2)26(31)29-8-6-5-7-25(30)32-28(24-13-20-12-21(24)9-18(20)3)22-10-19-11-23(28)16-27(4,14-19)15-22/h18-24H,1,5-16H2,2-4H3,(H,29,31). The molecule has 6 bridgehead atoms. The van der Waals surface area contributed by atoms with Crippen LogP contribution in [-0.4, -0.2) is 24.0 Å². The number of ether oxygens (including phenoxy) is 1. The van der Waals surface area contributed by atoms with Gasteiger partial charge in [-0.1, -0.05) is 20.4 Å². The highest BCUT2D eigenvalue weighted by molar-refractivity contribution is 5.92. The molecule has 6 saturated carbocycles. The number of nitrogens with one attached hydrogen (secondary N) is 1. The maximum absolute atomic E-state index is 13.2. The fraction of sp³-hybridized carbons (Fsp3) is 0.857. The summed E-state index contributed by atoms with van der Waals surface area (Å²) in [5.41, 5.74) is 0.835. The van der Waals surface area contributed by atoms with Gasteiger partial charge >= 0.3 is 5.97 Å². The normalized spacial score (nSPS) is 45.8. The Balaban J connectivity index is 1.27. The molecule has 0 spiro atoms. The second kappa shape index (κ2) is 8.17. The molecule has 6 rings (SSSR count). The summed E-state index contributed by atoms with van der Waals surface area (Å²) in [6.45, 7) is 10.9. The molecule has 0 aromatic rings. The summed E-state index contributed by atoms with van der Waals surface area (Å²) in [5, 5.41) is 2.87. The number of esters is 1. The van der Waals surface area contributed by atoms with Crippen LogP contribution in [0.3, 0.4) is 0 Å². The minimum Gasteiger partial charge on any atom is -0.458 e. The molecule has 0 aromatic heterocycles. The summed E-state index contributed by atoms with van der Waals surface area (Å²) >= 11 is 0. The largest absolute Gasteiger partial charge is 0.458 e. The van der Waals surface area contributed by atoms with Crippen molar-refractivity contribution in [1.82, 2.24) is 5.32 Å². The van der Waals surface area contributed by atoms with Crippen LogP contribution in [0.2, 0.25) is 0 Å². The maximum atomic E-state index is 13.2. The number of carbonyl (C=O) groups is 2. The van der Waals surface area contributed by atoms with Crippen molar-refractivity contribution >= 4 is 11.9 Å². The quantitative estimate of drug-likeness (QED) is 0.300. The van der Waals surface area contributed by atoms with E-state index in [0.717, 1.165) is 36.5 Å². The van der Waals surface area contributed by atoms with Gasteiger partial charge in [0.2, 0.25) is 5.91 Å². The van der Waals surface area contributed by atoms with Gasteiger partial charge in [0.25, 0.3) is 0 Å². The van der Waals surface area contributed by atoms with Crippen molar-refractivity contribution in [3.63, 3.8) is 0 Å². The van der Waals surface area contributed by atoms with Gasteiger partial charge in [0, 0.05) is 36.3 Å². The van der Waals surface area contributed by atoms with Crippen LogP contribution in [0.5, 0.6) is 0 Å². The van der Waals surface area contributed by atoms with Crippen LogP contribution in [-0.2, 0) is 14.3 Å². The summed E-state index contributed by atoms with van der Waals surface area (Å²) < 4.78 is 6.76. The van der Waals surface area contributed by atoms with E-state index in [0.29, 0.717) is 41.7 Å². The summed E-state index contributed by atoms with van der Waals surface area (Å²) in [6, 6.07) is 0. The first-order valence-electron chi connectivity index (χ1n) is 13.4. The number of amides is 1. The molecule has 4 nitrogen and oxygen atoms in total. The molecule has 6 aliphatic carbocycles. The Bertz CT molecular complexity index is 770. The summed E-state index contributed by atoms with van der Waals surface area (Å²) in [6.07, 6.45) is 12.6. The molecule has 0 radical (unpaired) electrons. The monoisotopic (exact) mass is 441 g/mol. The molecule has 6 unspecified atom stereocenters. The molecule has 0 heterocycles. The van der Waals surface area contributed by atoms with Gasteiger partial charge in [0.05, 0.1) is 0 Å². The van der Waals surface area contributed by atoms with Gasteiger partial charge in [-0.05, 0) is 100 Å². The van der Waals surface area contributed by atoms with Crippen LogP contribution < -0.4 is 5.32 Å².